The Morgan fingerprint density at radius 2 is 1.05 bits per heavy atom. The summed E-state index contributed by atoms with van der Waals surface area (Å²) in [5, 5.41) is 66.9. The summed E-state index contributed by atoms with van der Waals surface area (Å²) in [6, 6.07) is 0.828. The molecule has 1 saturated heterocycles. The van der Waals surface area contributed by atoms with Crippen molar-refractivity contribution in [2.45, 2.75) is 210 Å². The Hall–Kier alpha value is -10.8. The molecule has 1 aliphatic rings. The number of ether oxygens (including phenoxy) is 1. The summed E-state index contributed by atoms with van der Waals surface area (Å²) in [5.74, 6) is -19.9. The molecule has 0 aromatic heterocycles. The number of carbonyl (C=O) groups excluding carboxylic acids is 15. The van der Waals surface area contributed by atoms with E-state index in [9.17, 15) is 87.5 Å². The molecule has 37 heteroatoms. The normalized spacial score (nSPS) is 24.1. The van der Waals surface area contributed by atoms with Crippen LogP contribution in [0.3, 0.4) is 0 Å². The number of nitrogens with one attached hydrogen (secondary N) is 10. The van der Waals surface area contributed by atoms with Gasteiger partial charge < -0.3 is 111 Å². The lowest BCUT2D eigenvalue weighted by Crippen LogP contribution is -2.63. The molecule has 0 unspecified atom stereocenters. The van der Waals surface area contributed by atoms with Gasteiger partial charge in [-0.2, -0.15) is 0 Å². The van der Waals surface area contributed by atoms with Gasteiger partial charge in [-0.3, -0.25) is 71.9 Å². The minimum atomic E-state index is -2.59. The molecule has 3 aromatic carbocycles. The highest BCUT2D eigenvalue weighted by atomic mass is 16.5. The van der Waals surface area contributed by atoms with Gasteiger partial charge in [-0.15, -0.1) is 0 Å². The van der Waals surface area contributed by atoms with Crippen LogP contribution in [0.1, 0.15) is 130 Å². The maximum Gasteiger partial charge on any atom is 0.329 e. The first-order valence-electron chi connectivity index (χ1n) is 37.3. The number of benzene rings is 3. The third-order valence-corrected chi connectivity index (χ3v) is 18.6. The summed E-state index contributed by atoms with van der Waals surface area (Å²) < 4.78 is 6.02. The predicted octanol–water partition coefficient (Wildman–Crippen LogP) is -4.35. The smallest absolute Gasteiger partial charge is 0.329 e. The Morgan fingerprint density at radius 1 is 0.536 bits per heavy atom. The second kappa shape index (κ2) is 46.8. The van der Waals surface area contributed by atoms with Crippen LogP contribution in [0.15, 0.2) is 72.8 Å². The molecule has 112 heavy (non-hydrogen) atoms. The number of fused-ring (bicyclic) bond motifs is 1. The number of nitrogens with zero attached hydrogens (tertiary/aromatic N) is 2. The number of likely N-dealkylation sites (N-methyl/N-ethyl adjacent to an activating group) is 2. The molecular formula is C75H112N16O21. The van der Waals surface area contributed by atoms with Crippen molar-refractivity contribution in [2.24, 2.45) is 40.7 Å². The third kappa shape index (κ3) is 30.1. The molecule has 0 bridgehead atoms. The zero-order valence-electron chi connectivity index (χ0n) is 64.5. The molecule has 1 fully saturated rings. The van der Waals surface area contributed by atoms with Crippen LogP contribution in [0.5, 0.6) is 0 Å². The van der Waals surface area contributed by atoms with Crippen LogP contribution >= 0.6 is 0 Å². The van der Waals surface area contributed by atoms with Crippen LogP contribution in [0, 0.1) is 17.8 Å². The molecule has 1 heterocycles. The van der Waals surface area contributed by atoms with Crippen molar-refractivity contribution in [2.75, 3.05) is 46.9 Å². The fourth-order valence-electron chi connectivity index (χ4n) is 12.4. The molecular weight excluding hydrogens is 1460 g/mol. The number of amides is 14. The van der Waals surface area contributed by atoms with E-state index < -0.39 is 225 Å². The number of aliphatic hydroxyl groups excluding tert-OH is 3. The van der Waals surface area contributed by atoms with E-state index in [1.165, 1.54) is 14.1 Å². The molecule has 22 N–H and O–H groups in total. The quantitative estimate of drug-likeness (QED) is 0.0338. The van der Waals surface area contributed by atoms with Crippen molar-refractivity contribution in [1.29, 1.82) is 0 Å². The van der Waals surface area contributed by atoms with Crippen LogP contribution in [0.25, 0.3) is 10.8 Å². The van der Waals surface area contributed by atoms with E-state index in [0.717, 1.165) is 9.80 Å². The zero-order chi connectivity index (χ0) is 83.6. The Balaban J connectivity index is 1.93. The third-order valence-electron chi connectivity index (χ3n) is 18.6. The van der Waals surface area contributed by atoms with E-state index in [4.69, 9.17) is 27.7 Å². The van der Waals surface area contributed by atoms with Crippen molar-refractivity contribution in [3.8, 4) is 0 Å². The van der Waals surface area contributed by atoms with Crippen LogP contribution in [0.2, 0.25) is 0 Å². The Labute approximate surface area is 649 Å². The van der Waals surface area contributed by atoms with Crippen molar-refractivity contribution < 1.29 is 102 Å². The van der Waals surface area contributed by atoms with E-state index in [1.54, 1.807) is 100 Å². The molecule has 14 amide bonds. The largest absolute Gasteiger partial charge is 0.481 e. The molecule has 3 aromatic rings. The highest BCUT2D eigenvalue weighted by Crippen LogP contribution is 2.23. The summed E-state index contributed by atoms with van der Waals surface area (Å²) in [4.78, 5) is 228. The lowest BCUT2D eigenvalue weighted by molar-refractivity contribution is -0.162. The fraction of sp³-hybridized carbons (Fsp3) is 0.573. The predicted molar refractivity (Wildman–Crippen MR) is 405 cm³/mol. The Kier molecular flexibility index (Phi) is 39.1. The van der Waals surface area contributed by atoms with Crippen LogP contribution in [-0.2, 0) is 94.3 Å². The maximum atomic E-state index is 15.1. The lowest BCUT2D eigenvalue weighted by Gasteiger charge is -2.34. The minimum Gasteiger partial charge on any atom is -0.481 e. The topological polar surface area (TPSA) is 594 Å². The summed E-state index contributed by atoms with van der Waals surface area (Å²) >= 11 is 0. The number of cyclic esters (lactones) is 1. The molecule has 13 atom stereocenters. The standard InChI is InChI=1S/C75H112N16O21/c1-40(2)18-14-24-46-35-58(95)81-55(39-93)71(107)89-61(63(99)64(79)100)73(109)88-54(38-92)65(101)80-37-59(96)90(7)56(33-43-19-10-9-11-20-43)72(108)87-51(32-41(3)4)68(104)82-48(26-16-30-76)66(102)83-49(28-29-60(97)98)67(103)86-53(36-57(78)94)70(106)85-52(34-45-23-15-22-44-21-12-13-25-47(44)45)69(105)84-50(27-17-31-77)74(110)91(8)62(42(5)6)75(111)112-46/h9-13,15,19-23,25,40-42,46,48-56,61-63,92-93,99H,14,16-18,24,26-39,76-77H2,1-8H3,(H2,78,94)(H2,79,100)(H,80,101)(H,81,95)(H,82,104)(H,83,102)(H,84,105)(H,85,106)(H,86,103)(H,87,108)(H,88,109)(H,89,107)(H,97,98)/t46-,48-,49+,50-,51+,52-,53-,54+,55+,56-,61-,62+,63-/m1/s1. The highest BCUT2D eigenvalue weighted by Gasteiger charge is 2.42. The van der Waals surface area contributed by atoms with E-state index >= 15 is 9.59 Å². The zero-order valence-corrected chi connectivity index (χ0v) is 64.5. The molecule has 4 rings (SSSR count). The number of nitrogens with two attached hydrogens (primary N) is 4. The maximum absolute atomic E-state index is 15.1. The van der Waals surface area contributed by atoms with E-state index in [-0.39, 0.29) is 76.3 Å². The number of hydrogen-bond donors (Lipinski definition) is 18. The Morgan fingerprint density at radius 3 is 1.63 bits per heavy atom. The van der Waals surface area contributed by atoms with Crippen molar-refractivity contribution >= 4 is 105 Å². The second-order valence-corrected chi connectivity index (χ2v) is 28.8. The molecule has 0 spiro atoms. The van der Waals surface area contributed by atoms with E-state index in [0.29, 0.717) is 34.7 Å². The highest BCUT2D eigenvalue weighted by molar-refractivity contribution is 6.01. The first-order chi connectivity index (χ1) is 52.9. The van der Waals surface area contributed by atoms with Crippen LogP contribution in [0.4, 0.5) is 0 Å². The van der Waals surface area contributed by atoms with Crippen LogP contribution in [-0.4, -0.2) is 250 Å². The number of carbonyl (C=O) groups is 16. The molecule has 0 aliphatic carbocycles. The SMILES string of the molecule is CC(C)CCC[C@@H]1CC(=O)N[C@@H](CO)C(=O)N[C@H]([C@@H](O)C(N)=O)C(=O)N[C@@H](CO)C(=O)NCC(=O)N(C)[C@H](Cc2ccccc2)C(=O)N[C@@H](CC(C)C)C(=O)N[C@H](CCCN)C(=O)N[C@@H](CCC(=O)O)C(=O)N[C@H](CC(N)=O)C(=O)N[C@H](Cc2cccc3ccccc23)C(=O)N[C@H](CCCN)C(=O)N(C)[C@@H](C(C)C)C(=O)O1. The average molecular weight is 1570 g/mol. The fourth-order valence-corrected chi connectivity index (χ4v) is 12.4. The number of aliphatic carboxylic acids is 1. The first-order valence-corrected chi connectivity index (χ1v) is 37.3. The number of esters is 1. The number of carboxylic acid groups (broad SMARTS) is 1. The second-order valence-electron chi connectivity index (χ2n) is 28.8. The molecule has 0 radical (unpaired) electrons. The minimum absolute atomic E-state index is 0.0139. The summed E-state index contributed by atoms with van der Waals surface area (Å²) in [7, 11) is 2.45. The average Bonchev–Trinajstić information content (AvgIpc) is 0.751. The van der Waals surface area contributed by atoms with Gasteiger partial charge in [-0.05, 0) is 104 Å². The van der Waals surface area contributed by atoms with Gasteiger partial charge in [0, 0.05) is 33.4 Å². The van der Waals surface area contributed by atoms with Crippen molar-refractivity contribution in [1.82, 2.24) is 63.0 Å². The number of rotatable bonds is 26. The lowest BCUT2D eigenvalue weighted by atomic mass is 9.97. The molecule has 37 nitrogen and oxygen atoms in total. The van der Waals surface area contributed by atoms with Crippen molar-refractivity contribution in [3.63, 3.8) is 0 Å². The number of primary amides is 2. The van der Waals surface area contributed by atoms with Gasteiger partial charge in [0.05, 0.1) is 32.6 Å². The summed E-state index contributed by atoms with van der Waals surface area (Å²) in [5.41, 5.74) is 23.9. The summed E-state index contributed by atoms with van der Waals surface area (Å²) in [6.07, 6.45) is -7.02. The van der Waals surface area contributed by atoms with Gasteiger partial charge in [0.2, 0.25) is 82.7 Å². The number of carboxylic acids is 1. The van der Waals surface area contributed by atoms with Gasteiger partial charge in [-0.1, -0.05) is 121 Å². The van der Waals surface area contributed by atoms with Gasteiger partial charge in [-0.25, -0.2) is 4.79 Å². The van der Waals surface area contributed by atoms with E-state index in [2.05, 4.69) is 42.5 Å². The van der Waals surface area contributed by atoms with Gasteiger partial charge in [0.25, 0.3) is 0 Å². The number of hydrogen-bond acceptors (Lipinski definition) is 22. The van der Waals surface area contributed by atoms with Gasteiger partial charge in [0.1, 0.15) is 72.6 Å². The molecule has 618 valence electrons. The first kappa shape index (κ1) is 93.6. The summed E-state index contributed by atoms with van der Waals surface area (Å²) in [6.45, 7) is 6.92. The van der Waals surface area contributed by atoms with Crippen molar-refractivity contribution in [3.05, 3.63) is 83.9 Å². The Bertz CT molecular complexity index is 3750. The van der Waals surface area contributed by atoms with E-state index in [1.807, 2.05) is 24.5 Å². The molecule has 0 saturated carbocycles. The monoisotopic (exact) mass is 1570 g/mol. The molecule has 1 aliphatic heterocycles. The van der Waals surface area contributed by atoms with Gasteiger partial charge in [0.15, 0.2) is 6.10 Å². The number of aliphatic hydroxyl groups is 3. The van der Waals surface area contributed by atoms with Crippen LogP contribution < -0.4 is 76.1 Å². The van der Waals surface area contributed by atoms with Gasteiger partial charge >= 0.3 is 11.9 Å².